The fraction of sp³-hybridized carbons (Fsp3) is 0.333. The minimum Gasteiger partial charge on any atom is -0.492 e. The Balaban J connectivity index is 1.55. The number of benzene rings is 2. The molecule has 21 heavy (non-hydrogen) atoms. The van der Waals surface area contributed by atoms with Gasteiger partial charge in [-0.2, -0.15) is 0 Å². The summed E-state index contributed by atoms with van der Waals surface area (Å²) in [7, 11) is 0. The molecule has 2 aromatic rings. The standard InChI is InChI=1S/C18H22N2O/c19-16-8-10-18(11-9-16)21-14-17-7-4-12-20(17)13-15-5-2-1-3-6-15/h1-3,5-6,8-11,17H,4,7,12-14,19H2/t17-/m0/s1. The van der Waals surface area contributed by atoms with Crippen molar-refractivity contribution < 1.29 is 4.74 Å². The van der Waals surface area contributed by atoms with Gasteiger partial charge in [-0.25, -0.2) is 0 Å². The summed E-state index contributed by atoms with van der Waals surface area (Å²) < 4.78 is 5.92. The van der Waals surface area contributed by atoms with Crippen molar-refractivity contribution in [3.8, 4) is 5.75 Å². The molecule has 110 valence electrons. The molecule has 2 aromatic carbocycles. The highest BCUT2D eigenvalue weighted by molar-refractivity contribution is 5.41. The lowest BCUT2D eigenvalue weighted by atomic mass is 10.2. The van der Waals surface area contributed by atoms with E-state index >= 15 is 0 Å². The van der Waals surface area contributed by atoms with E-state index in [4.69, 9.17) is 10.5 Å². The van der Waals surface area contributed by atoms with Crippen molar-refractivity contribution in [2.45, 2.75) is 25.4 Å². The molecule has 0 amide bonds. The number of hydrogen-bond donors (Lipinski definition) is 1. The molecule has 1 fully saturated rings. The van der Waals surface area contributed by atoms with E-state index in [0.717, 1.165) is 31.1 Å². The highest BCUT2D eigenvalue weighted by Gasteiger charge is 2.24. The van der Waals surface area contributed by atoms with Crippen LogP contribution in [0.3, 0.4) is 0 Å². The minimum atomic E-state index is 0.503. The van der Waals surface area contributed by atoms with Gasteiger partial charge in [0.25, 0.3) is 0 Å². The summed E-state index contributed by atoms with van der Waals surface area (Å²) in [5.74, 6) is 0.899. The van der Waals surface area contributed by atoms with Gasteiger partial charge in [0.05, 0.1) is 0 Å². The zero-order chi connectivity index (χ0) is 14.5. The van der Waals surface area contributed by atoms with Crippen LogP contribution in [0.2, 0.25) is 0 Å². The predicted molar refractivity (Wildman–Crippen MR) is 86.2 cm³/mol. The largest absolute Gasteiger partial charge is 0.492 e. The summed E-state index contributed by atoms with van der Waals surface area (Å²) >= 11 is 0. The first kappa shape index (κ1) is 14.0. The number of anilines is 1. The van der Waals surface area contributed by atoms with Crippen LogP contribution in [-0.4, -0.2) is 24.1 Å². The van der Waals surface area contributed by atoms with Crippen LogP contribution in [0.4, 0.5) is 5.69 Å². The number of ether oxygens (including phenoxy) is 1. The lowest BCUT2D eigenvalue weighted by Gasteiger charge is -2.24. The van der Waals surface area contributed by atoms with Gasteiger partial charge >= 0.3 is 0 Å². The lowest BCUT2D eigenvalue weighted by molar-refractivity contribution is 0.167. The van der Waals surface area contributed by atoms with Crippen LogP contribution < -0.4 is 10.5 Å². The molecule has 0 saturated carbocycles. The third-order valence-corrected chi connectivity index (χ3v) is 4.05. The third kappa shape index (κ3) is 3.76. The van der Waals surface area contributed by atoms with Gasteiger partial charge in [-0.05, 0) is 49.2 Å². The highest BCUT2D eigenvalue weighted by Crippen LogP contribution is 2.22. The SMILES string of the molecule is Nc1ccc(OC[C@@H]2CCCN2Cc2ccccc2)cc1. The second-order valence-electron chi connectivity index (χ2n) is 5.63. The molecule has 0 bridgehead atoms. The maximum Gasteiger partial charge on any atom is 0.119 e. The van der Waals surface area contributed by atoms with Crippen LogP contribution in [0.25, 0.3) is 0 Å². The average Bonchev–Trinajstić information content (AvgIpc) is 2.95. The van der Waals surface area contributed by atoms with Crippen LogP contribution in [0.5, 0.6) is 5.75 Å². The Labute approximate surface area is 126 Å². The van der Waals surface area contributed by atoms with Crippen molar-refractivity contribution in [1.29, 1.82) is 0 Å². The molecule has 1 saturated heterocycles. The second kappa shape index (κ2) is 6.64. The summed E-state index contributed by atoms with van der Waals surface area (Å²) in [5, 5.41) is 0. The van der Waals surface area contributed by atoms with Crippen molar-refractivity contribution in [3.63, 3.8) is 0 Å². The Morgan fingerprint density at radius 3 is 2.57 bits per heavy atom. The molecular formula is C18H22N2O. The molecule has 0 spiro atoms. The number of rotatable bonds is 5. The summed E-state index contributed by atoms with van der Waals surface area (Å²) in [4.78, 5) is 2.52. The summed E-state index contributed by atoms with van der Waals surface area (Å²) in [6.45, 7) is 2.91. The molecule has 3 rings (SSSR count). The third-order valence-electron chi connectivity index (χ3n) is 4.05. The maximum atomic E-state index is 5.92. The van der Waals surface area contributed by atoms with Crippen molar-refractivity contribution in [1.82, 2.24) is 4.90 Å². The normalized spacial score (nSPS) is 18.8. The molecular weight excluding hydrogens is 260 g/mol. The maximum absolute atomic E-state index is 5.92. The summed E-state index contributed by atoms with van der Waals surface area (Å²) in [6, 6.07) is 18.8. The molecule has 1 atom stereocenters. The van der Waals surface area contributed by atoms with Crippen LogP contribution in [0.1, 0.15) is 18.4 Å². The van der Waals surface area contributed by atoms with E-state index in [0.29, 0.717) is 6.04 Å². The number of nitrogen functional groups attached to an aromatic ring is 1. The summed E-state index contributed by atoms with van der Waals surface area (Å²) in [6.07, 6.45) is 2.46. The molecule has 0 aromatic heterocycles. The highest BCUT2D eigenvalue weighted by atomic mass is 16.5. The van der Waals surface area contributed by atoms with Gasteiger partial charge < -0.3 is 10.5 Å². The molecule has 0 aliphatic carbocycles. The van der Waals surface area contributed by atoms with Gasteiger partial charge in [-0.1, -0.05) is 30.3 Å². The van der Waals surface area contributed by atoms with Gasteiger partial charge in [0.2, 0.25) is 0 Å². The molecule has 1 aliphatic heterocycles. The molecule has 0 radical (unpaired) electrons. The average molecular weight is 282 g/mol. The number of likely N-dealkylation sites (tertiary alicyclic amines) is 1. The van der Waals surface area contributed by atoms with E-state index in [1.807, 2.05) is 24.3 Å². The van der Waals surface area contributed by atoms with E-state index in [9.17, 15) is 0 Å². The Morgan fingerprint density at radius 2 is 1.81 bits per heavy atom. The van der Waals surface area contributed by atoms with Crippen LogP contribution in [0.15, 0.2) is 54.6 Å². The molecule has 2 N–H and O–H groups in total. The van der Waals surface area contributed by atoms with Gasteiger partial charge in [0.1, 0.15) is 12.4 Å². The smallest absolute Gasteiger partial charge is 0.119 e. The van der Waals surface area contributed by atoms with Crippen molar-refractivity contribution in [2.75, 3.05) is 18.9 Å². The Hall–Kier alpha value is -2.00. The van der Waals surface area contributed by atoms with Crippen LogP contribution in [0, 0.1) is 0 Å². The molecule has 1 aliphatic rings. The first-order valence-electron chi connectivity index (χ1n) is 7.57. The number of nitrogens with two attached hydrogens (primary N) is 1. The Kier molecular flexibility index (Phi) is 4.41. The Bertz CT molecular complexity index is 553. The number of nitrogens with zero attached hydrogens (tertiary/aromatic N) is 1. The monoisotopic (exact) mass is 282 g/mol. The van der Waals surface area contributed by atoms with E-state index in [-0.39, 0.29) is 0 Å². The quantitative estimate of drug-likeness (QED) is 0.855. The van der Waals surface area contributed by atoms with Gasteiger partial charge in [-0.15, -0.1) is 0 Å². The van der Waals surface area contributed by atoms with Crippen LogP contribution >= 0.6 is 0 Å². The minimum absolute atomic E-state index is 0.503. The fourth-order valence-corrected chi connectivity index (χ4v) is 2.87. The summed E-state index contributed by atoms with van der Waals surface area (Å²) in [5.41, 5.74) is 7.83. The van der Waals surface area contributed by atoms with Gasteiger partial charge in [0, 0.05) is 18.3 Å². The molecule has 3 nitrogen and oxygen atoms in total. The molecule has 0 unspecified atom stereocenters. The first-order chi connectivity index (χ1) is 10.3. The van der Waals surface area contributed by atoms with Crippen molar-refractivity contribution >= 4 is 5.69 Å². The zero-order valence-electron chi connectivity index (χ0n) is 12.2. The van der Waals surface area contributed by atoms with Crippen molar-refractivity contribution in [3.05, 3.63) is 60.2 Å². The molecule has 3 heteroatoms. The zero-order valence-corrected chi connectivity index (χ0v) is 12.2. The van der Waals surface area contributed by atoms with E-state index in [1.54, 1.807) is 0 Å². The van der Waals surface area contributed by atoms with E-state index < -0.39 is 0 Å². The predicted octanol–water partition coefficient (Wildman–Crippen LogP) is 3.31. The van der Waals surface area contributed by atoms with Gasteiger partial charge in [-0.3, -0.25) is 4.90 Å². The number of hydrogen-bond acceptors (Lipinski definition) is 3. The Morgan fingerprint density at radius 1 is 1.05 bits per heavy atom. The lowest BCUT2D eigenvalue weighted by Crippen LogP contribution is -2.33. The van der Waals surface area contributed by atoms with Crippen LogP contribution in [-0.2, 0) is 6.54 Å². The fourth-order valence-electron chi connectivity index (χ4n) is 2.87. The molecule has 1 heterocycles. The van der Waals surface area contributed by atoms with E-state index in [1.165, 1.54) is 18.4 Å². The van der Waals surface area contributed by atoms with Crippen molar-refractivity contribution in [2.24, 2.45) is 0 Å². The second-order valence-corrected chi connectivity index (χ2v) is 5.63. The first-order valence-corrected chi connectivity index (χ1v) is 7.57. The van der Waals surface area contributed by atoms with Gasteiger partial charge in [0.15, 0.2) is 0 Å². The topological polar surface area (TPSA) is 38.5 Å². The van der Waals surface area contributed by atoms with E-state index in [2.05, 4.69) is 35.2 Å².